The van der Waals surface area contributed by atoms with Gasteiger partial charge < -0.3 is 4.74 Å². The number of esters is 1. The SMILES string of the molecule is C=CCON(C1CNC(C(=O)OC)c2ncsc21)S(=O)(=O)c1ccccc1[N+](=O)[O-]. The number of methoxy groups -OCH3 is 1. The zero-order chi connectivity index (χ0) is 21.9. The van der Waals surface area contributed by atoms with Crippen LogP contribution in [0.4, 0.5) is 5.69 Å². The molecule has 2 unspecified atom stereocenters. The molecule has 11 nitrogen and oxygen atoms in total. The standard InChI is InChI=1S/C17H18N4O7S2/c1-3-8-28-21(30(25,26)13-7-5-4-6-11(13)20(23)24)12-9-18-15(17(22)27-2)14-16(12)29-10-19-14/h3-7,10,12,15,18H,1,8-9H2,2H3. The van der Waals surface area contributed by atoms with Crippen LogP contribution in [0.5, 0.6) is 0 Å². The molecule has 0 bridgehead atoms. The van der Waals surface area contributed by atoms with Crippen molar-refractivity contribution >= 4 is 33.0 Å². The Balaban J connectivity index is 2.09. The topological polar surface area (TPSA) is 141 Å². The predicted molar refractivity (Wildman–Crippen MR) is 106 cm³/mol. The van der Waals surface area contributed by atoms with Crippen molar-refractivity contribution in [3.05, 3.63) is 63.1 Å². The van der Waals surface area contributed by atoms with E-state index >= 15 is 0 Å². The van der Waals surface area contributed by atoms with E-state index in [-0.39, 0.29) is 13.2 Å². The fourth-order valence-electron chi connectivity index (χ4n) is 3.01. The minimum Gasteiger partial charge on any atom is -0.468 e. The summed E-state index contributed by atoms with van der Waals surface area (Å²) in [5.41, 5.74) is 1.21. The number of nitro groups is 1. The Kier molecular flexibility index (Phi) is 6.58. The quantitative estimate of drug-likeness (QED) is 0.273. The van der Waals surface area contributed by atoms with Crippen molar-refractivity contribution in [2.24, 2.45) is 0 Å². The molecule has 0 aliphatic carbocycles. The van der Waals surface area contributed by atoms with Crippen LogP contribution in [-0.4, -0.2) is 49.0 Å². The summed E-state index contributed by atoms with van der Waals surface area (Å²) in [6, 6.07) is 3.22. The van der Waals surface area contributed by atoms with Crippen LogP contribution < -0.4 is 5.32 Å². The van der Waals surface area contributed by atoms with Crippen molar-refractivity contribution in [2.75, 3.05) is 20.3 Å². The Morgan fingerprint density at radius 3 is 2.90 bits per heavy atom. The van der Waals surface area contributed by atoms with Crippen LogP contribution in [-0.2, 0) is 24.4 Å². The lowest BCUT2D eigenvalue weighted by molar-refractivity contribution is -0.388. The lowest BCUT2D eigenvalue weighted by atomic mass is 10.0. The molecule has 3 rings (SSSR count). The molecular formula is C17H18N4O7S2. The van der Waals surface area contributed by atoms with Gasteiger partial charge >= 0.3 is 5.97 Å². The largest absolute Gasteiger partial charge is 0.468 e. The van der Waals surface area contributed by atoms with Gasteiger partial charge in [0, 0.05) is 12.6 Å². The number of hydrogen-bond donors (Lipinski definition) is 1. The van der Waals surface area contributed by atoms with Gasteiger partial charge in [0.2, 0.25) is 0 Å². The van der Waals surface area contributed by atoms with Gasteiger partial charge in [-0.2, -0.15) is 0 Å². The highest BCUT2D eigenvalue weighted by atomic mass is 32.2. The fraction of sp³-hybridized carbons (Fsp3) is 0.294. The van der Waals surface area contributed by atoms with Crippen LogP contribution in [0.15, 0.2) is 47.3 Å². The molecule has 0 amide bonds. The molecule has 2 aromatic rings. The van der Waals surface area contributed by atoms with E-state index in [2.05, 4.69) is 16.9 Å². The van der Waals surface area contributed by atoms with Crippen LogP contribution in [0.2, 0.25) is 0 Å². The summed E-state index contributed by atoms with van der Waals surface area (Å²) in [6.45, 7) is 3.35. The number of hydroxylamine groups is 1. The highest BCUT2D eigenvalue weighted by molar-refractivity contribution is 7.89. The molecule has 0 spiro atoms. The number of rotatable bonds is 8. The lowest BCUT2D eigenvalue weighted by Crippen LogP contribution is -2.46. The maximum atomic E-state index is 13.4. The summed E-state index contributed by atoms with van der Waals surface area (Å²) in [6.07, 6.45) is 1.35. The molecular weight excluding hydrogens is 436 g/mol. The normalized spacial score (nSPS) is 18.6. The fourth-order valence-corrected chi connectivity index (χ4v) is 5.55. The monoisotopic (exact) mass is 454 g/mol. The zero-order valence-corrected chi connectivity index (χ0v) is 17.4. The maximum Gasteiger partial charge on any atom is 0.329 e. The zero-order valence-electron chi connectivity index (χ0n) is 15.8. The van der Waals surface area contributed by atoms with Gasteiger partial charge in [-0.3, -0.25) is 20.3 Å². The van der Waals surface area contributed by atoms with Crippen molar-refractivity contribution in [2.45, 2.75) is 17.0 Å². The van der Waals surface area contributed by atoms with Gasteiger partial charge in [0.15, 0.2) is 4.90 Å². The lowest BCUT2D eigenvalue weighted by Gasteiger charge is -2.34. The van der Waals surface area contributed by atoms with Gasteiger partial charge in [-0.15, -0.1) is 17.9 Å². The summed E-state index contributed by atoms with van der Waals surface area (Å²) in [5, 5.41) is 14.3. The number of fused-ring (bicyclic) bond motifs is 1. The van der Waals surface area contributed by atoms with Gasteiger partial charge in [0.05, 0.1) is 34.7 Å². The Bertz CT molecular complexity index is 1070. The minimum atomic E-state index is -4.47. The molecule has 1 aromatic carbocycles. The second-order valence-corrected chi connectivity index (χ2v) is 8.69. The third-order valence-electron chi connectivity index (χ3n) is 4.30. The molecule has 13 heteroatoms. The van der Waals surface area contributed by atoms with E-state index in [1.807, 2.05) is 0 Å². The second kappa shape index (κ2) is 8.97. The third-order valence-corrected chi connectivity index (χ3v) is 6.98. The molecule has 0 fully saturated rings. The van der Waals surface area contributed by atoms with E-state index in [0.717, 1.165) is 23.5 Å². The van der Waals surface area contributed by atoms with E-state index in [4.69, 9.17) is 9.57 Å². The first-order valence-corrected chi connectivity index (χ1v) is 10.9. The molecule has 1 aliphatic heterocycles. The molecule has 1 N–H and O–H groups in total. The second-order valence-electron chi connectivity index (χ2n) is 6.05. The van der Waals surface area contributed by atoms with Crippen LogP contribution in [0.3, 0.4) is 0 Å². The number of sulfonamides is 1. The number of thiazole rings is 1. The summed E-state index contributed by atoms with van der Waals surface area (Å²) in [5.74, 6) is -0.569. The number of para-hydroxylation sites is 1. The third kappa shape index (κ3) is 3.97. The number of benzene rings is 1. The Labute approximate surface area is 176 Å². The van der Waals surface area contributed by atoms with Crippen molar-refractivity contribution in [3.63, 3.8) is 0 Å². The van der Waals surface area contributed by atoms with Crippen LogP contribution >= 0.6 is 11.3 Å². The van der Waals surface area contributed by atoms with Crippen LogP contribution in [0, 0.1) is 10.1 Å². The first-order chi connectivity index (χ1) is 14.3. The van der Waals surface area contributed by atoms with Crippen molar-refractivity contribution in [3.8, 4) is 0 Å². The Morgan fingerprint density at radius 2 is 2.23 bits per heavy atom. The van der Waals surface area contributed by atoms with Crippen molar-refractivity contribution in [1.82, 2.24) is 14.8 Å². The minimum absolute atomic E-state index is 0.00797. The van der Waals surface area contributed by atoms with Crippen LogP contribution in [0.1, 0.15) is 22.7 Å². The molecule has 2 heterocycles. The van der Waals surface area contributed by atoms with E-state index in [9.17, 15) is 23.3 Å². The number of nitro benzene ring substituents is 1. The molecule has 1 aliphatic rings. The maximum absolute atomic E-state index is 13.4. The van der Waals surface area contributed by atoms with Gasteiger partial charge in [0.25, 0.3) is 15.7 Å². The molecule has 0 saturated heterocycles. The van der Waals surface area contributed by atoms with Gasteiger partial charge in [-0.05, 0) is 6.07 Å². The highest BCUT2D eigenvalue weighted by Gasteiger charge is 2.44. The Hall–Kier alpha value is -2.71. The number of hydrogen-bond acceptors (Lipinski definition) is 10. The predicted octanol–water partition coefficient (Wildman–Crippen LogP) is 1.72. The van der Waals surface area contributed by atoms with Gasteiger partial charge in [-0.1, -0.05) is 22.7 Å². The van der Waals surface area contributed by atoms with E-state index in [1.165, 1.54) is 30.8 Å². The summed E-state index contributed by atoms with van der Waals surface area (Å²) in [7, 11) is -3.23. The summed E-state index contributed by atoms with van der Waals surface area (Å²) >= 11 is 1.14. The Morgan fingerprint density at radius 1 is 1.50 bits per heavy atom. The number of nitrogens with zero attached hydrogens (tertiary/aromatic N) is 3. The smallest absolute Gasteiger partial charge is 0.329 e. The molecule has 0 saturated carbocycles. The highest BCUT2D eigenvalue weighted by Crippen LogP contribution is 2.39. The van der Waals surface area contributed by atoms with Gasteiger partial charge in [0.1, 0.15) is 12.1 Å². The number of carbonyl (C=O) groups excluding carboxylic acids is 1. The number of ether oxygens (including phenoxy) is 1. The van der Waals surface area contributed by atoms with Crippen molar-refractivity contribution in [1.29, 1.82) is 0 Å². The van der Waals surface area contributed by atoms with Crippen molar-refractivity contribution < 1.29 is 27.7 Å². The number of nitrogens with one attached hydrogen (secondary N) is 1. The molecule has 160 valence electrons. The molecule has 0 radical (unpaired) electrons. The van der Waals surface area contributed by atoms with Gasteiger partial charge in [-0.25, -0.2) is 18.2 Å². The summed E-state index contributed by atoms with van der Waals surface area (Å²) in [4.78, 5) is 32.2. The number of carbonyl (C=O) groups is 1. The van der Waals surface area contributed by atoms with E-state index < -0.39 is 43.6 Å². The molecule has 30 heavy (non-hydrogen) atoms. The average Bonchev–Trinajstić information content (AvgIpc) is 3.23. The average molecular weight is 454 g/mol. The van der Waals surface area contributed by atoms with Crippen LogP contribution in [0.25, 0.3) is 0 Å². The first-order valence-electron chi connectivity index (χ1n) is 8.59. The van der Waals surface area contributed by atoms with E-state index in [1.54, 1.807) is 0 Å². The number of aromatic nitrogens is 1. The van der Waals surface area contributed by atoms with E-state index in [0.29, 0.717) is 15.0 Å². The first kappa shape index (κ1) is 22.0. The summed E-state index contributed by atoms with van der Waals surface area (Å²) < 4.78 is 32.3. The molecule has 2 atom stereocenters. The molecule has 1 aromatic heterocycles.